The van der Waals surface area contributed by atoms with E-state index in [4.69, 9.17) is 4.74 Å². The molecule has 0 spiro atoms. The molecular formula is C11H23IN2O2S. The third-order valence-electron chi connectivity index (χ3n) is 2.34. The van der Waals surface area contributed by atoms with Gasteiger partial charge in [-0.2, -0.15) is 0 Å². The number of carbonyl (C=O) groups excluding carboxylic acids is 1. The monoisotopic (exact) mass is 374 g/mol. The molecule has 0 aromatic rings. The van der Waals surface area contributed by atoms with Gasteiger partial charge in [-0.1, -0.05) is 0 Å². The van der Waals surface area contributed by atoms with E-state index in [1.54, 1.807) is 4.90 Å². The van der Waals surface area contributed by atoms with Crippen molar-refractivity contribution in [2.75, 3.05) is 38.3 Å². The van der Waals surface area contributed by atoms with E-state index in [-0.39, 0.29) is 30.1 Å². The highest BCUT2D eigenvalue weighted by molar-refractivity contribution is 14.0. The molecule has 1 aliphatic rings. The summed E-state index contributed by atoms with van der Waals surface area (Å²) in [6.45, 7) is 9.13. The van der Waals surface area contributed by atoms with Crippen molar-refractivity contribution in [3.63, 3.8) is 0 Å². The number of nitrogens with zero attached hydrogens (tertiary/aromatic N) is 2. The van der Waals surface area contributed by atoms with Crippen molar-refractivity contribution in [3.8, 4) is 0 Å². The first-order valence-corrected chi connectivity index (χ1v) is 7.01. The Kier molecular flexibility index (Phi) is 7.82. The summed E-state index contributed by atoms with van der Waals surface area (Å²) in [7, 11) is 0. The molecule has 0 unspecified atom stereocenters. The zero-order valence-electron chi connectivity index (χ0n) is 11.1. The van der Waals surface area contributed by atoms with Gasteiger partial charge in [-0.05, 0) is 27.0 Å². The number of thioether (sulfide) groups is 1. The normalized spacial score (nSPS) is 17.5. The lowest BCUT2D eigenvalue weighted by Crippen LogP contribution is -2.49. The number of ether oxygens (including phenoxy) is 1. The summed E-state index contributed by atoms with van der Waals surface area (Å²) in [6, 6.07) is 0. The van der Waals surface area contributed by atoms with Crippen LogP contribution in [-0.4, -0.2) is 59.8 Å². The Morgan fingerprint density at radius 2 is 1.76 bits per heavy atom. The number of carbonyl (C=O) groups is 1. The van der Waals surface area contributed by atoms with Crippen molar-refractivity contribution in [1.29, 1.82) is 0 Å². The lowest BCUT2D eigenvalue weighted by atomic mass is 10.2. The fraction of sp³-hybridized carbons (Fsp3) is 0.909. The molecule has 1 rings (SSSR count). The molecular weight excluding hydrogens is 351 g/mol. The van der Waals surface area contributed by atoms with Crippen LogP contribution in [0.3, 0.4) is 0 Å². The summed E-state index contributed by atoms with van der Waals surface area (Å²) in [4.78, 5) is 15.9. The van der Waals surface area contributed by atoms with E-state index in [1.165, 1.54) is 0 Å². The average Bonchev–Trinajstić information content (AvgIpc) is 2.16. The number of hydrogen-bond acceptors (Lipinski definition) is 4. The predicted octanol–water partition coefficient (Wildman–Crippen LogP) is 2.48. The number of hydrogen-bond donors (Lipinski definition) is 0. The van der Waals surface area contributed by atoms with E-state index < -0.39 is 5.60 Å². The first kappa shape index (κ1) is 17.3. The standard InChI is InChI=1S/C11H22N2O2S.HI/c1-11(2,3)15-10(14)13-7-5-12(6-8-13)9-16-4;/h5-9H2,1-4H3;1H. The van der Waals surface area contributed by atoms with Crippen LogP contribution in [0.5, 0.6) is 0 Å². The molecule has 0 saturated carbocycles. The van der Waals surface area contributed by atoms with Crippen LogP contribution in [0.15, 0.2) is 0 Å². The van der Waals surface area contributed by atoms with Gasteiger partial charge in [0.05, 0.1) is 0 Å². The number of halogens is 1. The fourth-order valence-electron chi connectivity index (χ4n) is 1.57. The van der Waals surface area contributed by atoms with Crippen LogP contribution < -0.4 is 0 Å². The van der Waals surface area contributed by atoms with E-state index in [2.05, 4.69) is 11.2 Å². The molecule has 0 radical (unpaired) electrons. The second kappa shape index (κ2) is 7.68. The molecule has 0 aliphatic carbocycles. The minimum Gasteiger partial charge on any atom is -0.444 e. The molecule has 0 aromatic carbocycles. The van der Waals surface area contributed by atoms with Crippen molar-refractivity contribution in [3.05, 3.63) is 0 Å². The van der Waals surface area contributed by atoms with Gasteiger partial charge in [0.1, 0.15) is 5.60 Å². The molecule has 6 heteroatoms. The van der Waals surface area contributed by atoms with Crippen LogP contribution in [0.2, 0.25) is 0 Å². The second-order valence-electron chi connectivity index (χ2n) is 5.00. The third-order valence-corrected chi connectivity index (χ3v) is 2.96. The molecule has 17 heavy (non-hydrogen) atoms. The summed E-state index contributed by atoms with van der Waals surface area (Å²) < 4.78 is 5.34. The SMILES string of the molecule is CSCN1CCN(C(=O)OC(C)(C)C)CC1.I. The highest BCUT2D eigenvalue weighted by Crippen LogP contribution is 2.12. The molecule has 0 aromatic heterocycles. The summed E-state index contributed by atoms with van der Waals surface area (Å²) in [5, 5.41) is 0. The van der Waals surface area contributed by atoms with E-state index in [9.17, 15) is 4.79 Å². The minimum absolute atomic E-state index is 0. The Hall–Kier alpha value is 0.310. The van der Waals surface area contributed by atoms with Gasteiger partial charge in [-0.15, -0.1) is 35.7 Å². The van der Waals surface area contributed by atoms with Gasteiger partial charge in [0.2, 0.25) is 0 Å². The number of amides is 1. The van der Waals surface area contributed by atoms with Crippen molar-refractivity contribution >= 4 is 41.8 Å². The number of rotatable bonds is 2. The van der Waals surface area contributed by atoms with Crippen molar-refractivity contribution in [1.82, 2.24) is 9.80 Å². The van der Waals surface area contributed by atoms with Gasteiger partial charge in [0.25, 0.3) is 0 Å². The van der Waals surface area contributed by atoms with Gasteiger partial charge in [0, 0.05) is 32.1 Å². The summed E-state index contributed by atoms with van der Waals surface area (Å²) in [6.07, 6.45) is 1.91. The Balaban J connectivity index is 0.00000256. The van der Waals surface area contributed by atoms with Gasteiger partial charge >= 0.3 is 6.09 Å². The zero-order valence-corrected chi connectivity index (χ0v) is 14.2. The van der Waals surface area contributed by atoms with E-state index in [1.807, 2.05) is 32.5 Å². The largest absolute Gasteiger partial charge is 0.444 e. The first-order chi connectivity index (χ1) is 7.42. The molecule has 1 fully saturated rings. The minimum atomic E-state index is -0.395. The molecule has 0 atom stereocenters. The molecule has 4 nitrogen and oxygen atoms in total. The van der Waals surface area contributed by atoms with Gasteiger partial charge in [-0.3, -0.25) is 4.90 Å². The van der Waals surface area contributed by atoms with Gasteiger partial charge < -0.3 is 9.64 Å². The van der Waals surface area contributed by atoms with Gasteiger partial charge in [0.15, 0.2) is 0 Å². The molecule has 0 N–H and O–H groups in total. The summed E-state index contributed by atoms with van der Waals surface area (Å²) in [5.74, 6) is 1.04. The topological polar surface area (TPSA) is 32.8 Å². The van der Waals surface area contributed by atoms with Crippen LogP contribution >= 0.6 is 35.7 Å². The van der Waals surface area contributed by atoms with Crippen LogP contribution in [0.25, 0.3) is 0 Å². The highest BCUT2D eigenvalue weighted by atomic mass is 127. The van der Waals surface area contributed by atoms with E-state index >= 15 is 0 Å². The summed E-state index contributed by atoms with van der Waals surface area (Å²) >= 11 is 1.82. The van der Waals surface area contributed by atoms with Crippen molar-refractivity contribution < 1.29 is 9.53 Å². The Bertz CT molecular complexity index is 238. The average molecular weight is 374 g/mol. The maximum atomic E-state index is 11.8. The van der Waals surface area contributed by atoms with Gasteiger partial charge in [-0.25, -0.2) is 4.79 Å². The second-order valence-corrected chi connectivity index (χ2v) is 5.84. The Morgan fingerprint density at radius 1 is 1.24 bits per heavy atom. The molecule has 1 aliphatic heterocycles. The van der Waals surface area contributed by atoms with Crippen LogP contribution in [0.4, 0.5) is 4.79 Å². The first-order valence-electron chi connectivity index (χ1n) is 5.61. The smallest absolute Gasteiger partial charge is 0.410 e. The molecule has 1 heterocycles. The lowest BCUT2D eigenvalue weighted by Gasteiger charge is -2.35. The summed E-state index contributed by atoms with van der Waals surface area (Å²) in [5.41, 5.74) is -0.395. The van der Waals surface area contributed by atoms with Crippen LogP contribution in [0.1, 0.15) is 20.8 Å². The Labute approximate surface area is 125 Å². The number of piperazine rings is 1. The molecule has 1 amide bonds. The third kappa shape index (κ3) is 6.71. The molecule has 0 bridgehead atoms. The van der Waals surface area contributed by atoms with Crippen molar-refractivity contribution in [2.45, 2.75) is 26.4 Å². The molecule has 102 valence electrons. The molecule has 1 saturated heterocycles. The zero-order chi connectivity index (χ0) is 12.2. The lowest BCUT2D eigenvalue weighted by molar-refractivity contribution is 0.0160. The Morgan fingerprint density at radius 3 is 2.18 bits per heavy atom. The van der Waals surface area contributed by atoms with E-state index in [0.29, 0.717) is 0 Å². The quantitative estimate of drug-likeness (QED) is 0.696. The highest BCUT2D eigenvalue weighted by Gasteiger charge is 2.25. The fourth-order valence-corrected chi connectivity index (χ4v) is 2.19. The predicted molar refractivity (Wildman–Crippen MR) is 83.2 cm³/mol. The maximum Gasteiger partial charge on any atom is 0.410 e. The van der Waals surface area contributed by atoms with Crippen LogP contribution in [0, 0.1) is 0 Å². The van der Waals surface area contributed by atoms with Crippen LogP contribution in [-0.2, 0) is 4.74 Å². The maximum absolute atomic E-state index is 11.8. The van der Waals surface area contributed by atoms with E-state index in [0.717, 1.165) is 32.1 Å². The van der Waals surface area contributed by atoms with Crippen molar-refractivity contribution in [2.24, 2.45) is 0 Å².